The highest BCUT2D eigenvalue weighted by Gasteiger charge is 2.30. The van der Waals surface area contributed by atoms with Crippen molar-refractivity contribution in [2.45, 2.75) is 18.7 Å². The molecule has 2 amide bonds. The van der Waals surface area contributed by atoms with E-state index in [2.05, 4.69) is 20.8 Å². The molecule has 11 heteroatoms. The standard InChI is InChI=1S/C21H25N7O3S/c1-15-7-8-19(13-16(15)2)32(30,31)28-11-9-27(10-12-28)21(29)22-18-6-4-5-17(14-18)20-23-24-25-26(20)3/h4-8,13-14H,9-12H2,1-3H3,(H,22,29). The Morgan fingerprint density at radius 2 is 1.75 bits per heavy atom. The number of carbonyl (C=O) groups excluding carboxylic acids is 1. The molecular weight excluding hydrogens is 430 g/mol. The normalized spacial score (nSPS) is 15.0. The minimum absolute atomic E-state index is 0.243. The SMILES string of the molecule is Cc1ccc(S(=O)(=O)N2CCN(C(=O)Nc3cccc(-c4nnnn4C)c3)CC2)cc1C. The summed E-state index contributed by atoms with van der Waals surface area (Å²) in [5.74, 6) is 0.589. The number of rotatable bonds is 4. The molecule has 2 aromatic carbocycles. The molecular formula is C21H25N7O3S. The van der Waals surface area contributed by atoms with Gasteiger partial charge in [-0.25, -0.2) is 17.9 Å². The number of amides is 2. The minimum Gasteiger partial charge on any atom is -0.322 e. The summed E-state index contributed by atoms with van der Waals surface area (Å²) >= 11 is 0. The van der Waals surface area contributed by atoms with Crippen LogP contribution in [0.15, 0.2) is 47.4 Å². The molecule has 4 rings (SSSR count). The van der Waals surface area contributed by atoms with Gasteiger partial charge in [0, 0.05) is 44.5 Å². The van der Waals surface area contributed by atoms with Gasteiger partial charge in [0.2, 0.25) is 10.0 Å². The number of piperazine rings is 1. The number of hydrogen-bond donors (Lipinski definition) is 1. The smallest absolute Gasteiger partial charge is 0.321 e. The van der Waals surface area contributed by atoms with Gasteiger partial charge in [-0.05, 0) is 59.7 Å². The van der Waals surface area contributed by atoms with Crippen LogP contribution in [0.5, 0.6) is 0 Å². The quantitative estimate of drug-likeness (QED) is 0.644. The molecule has 2 heterocycles. The molecule has 1 fully saturated rings. The summed E-state index contributed by atoms with van der Waals surface area (Å²) in [5.41, 5.74) is 3.37. The Hall–Kier alpha value is -3.31. The van der Waals surface area contributed by atoms with E-state index in [0.29, 0.717) is 24.6 Å². The molecule has 1 aromatic heterocycles. The molecule has 0 saturated carbocycles. The van der Waals surface area contributed by atoms with Crippen LogP contribution in [0.25, 0.3) is 11.4 Å². The number of anilines is 1. The first-order valence-electron chi connectivity index (χ1n) is 10.2. The Balaban J connectivity index is 1.40. The van der Waals surface area contributed by atoms with E-state index >= 15 is 0 Å². The third-order valence-electron chi connectivity index (χ3n) is 5.63. The number of benzene rings is 2. The maximum absolute atomic E-state index is 13.0. The van der Waals surface area contributed by atoms with E-state index in [1.807, 2.05) is 32.0 Å². The Labute approximate surface area is 186 Å². The lowest BCUT2D eigenvalue weighted by atomic mass is 10.1. The van der Waals surface area contributed by atoms with Gasteiger partial charge in [0.1, 0.15) is 0 Å². The first kappa shape index (κ1) is 21.9. The average Bonchev–Trinajstić information content (AvgIpc) is 3.21. The lowest BCUT2D eigenvalue weighted by Crippen LogP contribution is -2.51. The van der Waals surface area contributed by atoms with Crippen molar-refractivity contribution < 1.29 is 13.2 Å². The highest BCUT2D eigenvalue weighted by atomic mass is 32.2. The second-order valence-corrected chi connectivity index (χ2v) is 9.71. The zero-order chi connectivity index (χ0) is 22.9. The van der Waals surface area contributed by atoms with Crippen LogP contribution in [0.1, 0.15) is 11.1 Å². The van der Waals surface area contributed by atoms with Crippen molar-refractivity contribution in [1.29, 1.82) is 0 Å². The molecule has 0 bridgehead atoms. The summed E-state index contributed by atoms with van der Waals surface area (Å²) < 4.78 is 29.0. The zero-order valence-corrected chi connectivity index (χ0v) is 19.0. The van der Waals surface area contributed by atoms with Crippen LogP contribution in [0.4, 0.5) is 10.5 Å². The van der Waals surface area contributed by atoms with Crippen LogP contribution >= 0.6 is 0 Å². The summed E-state index contributed by atoms with van der Waals surface area (Å²) in [4.78, 5) is 14.6. The van der Waals surface area contributed by atoms with E-state index in [0.717, 1.165) is 16.7 Å². The molecule has 1 aliphatic rings. The Morgan fingerprint density at radius 3 is 2.41 bits per heavy atom. The topological polar surface area (TPSA) is 113 Å². The van der Waals surface area contributed by atoms with Crippen molar-refractivity contribution in [2.75, 3.05) is 31.5 Å². The summed E-state index contributed by atoms with van der Waals surface area (Å²) in [6.07, 6.45) is 0. The molecule has 168 valence electrons. The van der Waals surface area contributed by atoms with E-state index in [1.165, 1.54) is 4.31 Å². The van der Waals surface area contributed by atoms with Crippen molar-refractivity contribution >= 4 is 21.7 Å². The number of tetrazole rings is 1. The first-order valence-corrected chi connectivity index (χ1v) is 11.7. The van der Waals surface area contributed by atoms with Crippen molar-refractivity contribution in [3.63, 3.8) is 0 Å². The van der Waals surface area contributed by atoms with Crippen LogP contribution in [0.2, 0.25) is 0 Å². The largest absolute Gasteiger partial charge is 0.322 e. The molecule has 0 aliphatic carbocycles. The fourth-order valence-electron chi connectivity index (χ4n) is 3.57. The lowest BCUT2D eigenvalue weighted by Gasteiger charge is -2.34. The van der Waals surface area contributed by atoms with Crippen molar-refractivity contribution in [3.05, 3.63) is 53.6 Å². The van der Waals surface area contributed by atoms with Crippen molar-refractivity contribution in [3.8, 4) is 11.4 Å². The monoisotopic (exact) mass is 455 g/mol. The van der Waals surface area contributed by atoms with Gasteiger partial charge in [-0.1, -0.05) is 18.2 Å². The summed E-state index contributed by atoms with van der Waals surface area (Å²) in [6, 6.07) is 12.1. The third-order valence-corrected chi connectivity index (χ3v) is 7.53. The van der Waals surface area contributed by atoms with Gasteiger partial charge in [-0.2, -0.15) is 4.31 Å². The molecule has 3 aromatic rings. The van der Waals surface area contributed by atoms with Gasteiger partial charge in [0.05, 0.1) is 4.90 Å². The van der Waals surface area contributed by atoms with E-state index in [9.17, 15) is 13.2 Å². The van der Waals surface area contributed by atoms with Gasteiger partial charge in [-0.15, -0.1) is 5.10 Å². The number of nitrogens with zero attached hydrogens (tertiary/aromatic N) is 6. The highest BCUT2D eigenvalue weighted by molar-refractivity contribution is 7.89. The predicted molar refractivity (Wildman–Crippen MR) is 120 cm³/mol. The molecule has 0 spiro atoms. The minimum atomic E-state index is -3.59. The fourth-order valence-corrected chi connectivity index (χ4v) is 5.08. The lowest BCUT2D eigenvalue weighted by molar-refractivity contribution is 0.184. The summed E-state index contributed by atoms with van der Waals surface area (Å²) in [6.45, 7) is 4.95. The summed E-state index contributed by atoms with van der Waals surface area (Å²) in [7, 11) is -1.85. The van der Waals surface area contributed by atoms with Crippen LogP contribution in [-0.4, -0.2) is 70.0 Å². The molecule has 1 aliphatic heterocycles. The number of aromatic nitrogens is 4. The third kappa shape index (κ3) is 4.34. The van der Waals surface area contributed by atoms with E-state index in [-0.39, 0.29) is 24.0 Å². The number of carbonyl (C=O) groups is 1. The van der Waals surface area contributed by atoms with Crippen LogP contribution in [0.3, 0.4) is 0 Å². The van der Waals surface area contributed by atoms with Crippen LogP contribution < -0.4 is 5.32 Å². The second-order valence-electron chi connectivity index (χ2n) is 7.77. The van der Waals surface area contributed by atoms with Crippen molar-refractivity contribution in [2.24, 2.45) is 7.05 Å². The number of aryl methyl sites for hydroxylation is 3. The Kier molecular flexibility index (Phi) is 5.94. The fraction of sp³-hybridized carbons (Fsp3) is 0.333. The first-order chi connectivity index (χ1) is 15.3. The average molecular weight is 456 g/mol. The Morgan fingerprint density at radius 1 is 1.00 bits per heavy atom. The second kappa shape index (κ2) is 8.67. The maximum Gasteiger partial charge on any atom is 0.321 e. The van der Waals surface area contributed by atoms with Gasteiger partial charge >= 0.3 is 6.03 Å². The van der Waals surface area contributed by atoms with Crippen molar-refractivity contribution in [1.82, 2.24) is 29.4 Å². The number of sulfonamides is 1. The zero-order valence-electron chi connectivity index (χ0n) is 18.2. The molecule has 32 heavy (non-hydrogen) atoms. The van der Waals surface area contributed by atoms with Gasteiger partial charge in [-0.3, -0.25) is 0 Å². The van der Waals surface area contributed by atoms with E-state index in [4.69, 9.17) is 0 Å². The number of urea groups is 1. The molecule has 1 N–H and O–H groups in total. The van der Waals surface area contributed by atoms with Gasteiger partial charge < -0.3 is 10.2 Å². The predicted octanol–water partition coefficient (Wildman–Crippen LogP) is 2.03. The molecule has 0 radical (unpaired) electrons. The maximum atomic E-state index is 13.0. The molecule has 0 unspecified atom stereocenters. The molecule has 10 nitrogen and oxygen atoms in total. The van der Waals surface area contributed by atoms with E-state index in [1.54, 1.807) is 40.9 Å². The highest BCUT2D eigenvalue weighted by Crippen LogP contribution is 2.22. The molecule has 1 saturated heterocycles. The van der Waals surface area contributed by atoms with Gasteiger partial charge in [0.15, 0.2) is 5.82 Å². The number of nitrogens with one attached hydrogen (secondary N) is 1. The van der Waals surface area contributed by atoms with E-state index < -0.39 is 10.0 Å². The Bertz CT molecular complexity index is 1250. The van der Waals surface area contributed by atoms with Crippen LogP contribution in [0, 0.1) is 13.8 Å². The molecule has 0 atom stereocenters. The number of hydrogen-bond acceptors (Lipinski definition) is 6. The van der Waals surface area contributed by atoms with Crippen LogP contribution in [-0.2, 0) is 17.1 Å². The van der Waals surface area contributed by atoms with Gasteiger partial charge in [0.25, 0.3) is 0 Å². The summed E-state index contributed by atoms with van der Waals surface area (Å²) in [5, 5.41) is 14.3.